The molecule has 1 rings (SSSR count). The molecule has 6 nitrogen and oxygen atoms in total. The van der Waals surface area contributed by atoms with E-state index in [1.807, 2.05) is 6.92 Å². The standard InChI is InChI=1S/C11H21N3O3S/c1-9(2)10(3)6-13-18(16,17)11-7-12-14(8-11)4-5-15/h7-10,13,15H,4-6H2,1-3H3. The van der Waals surface area contributed by atoms with Gasteiger partial charge in [0.2, 0.25) is 10.0 Å². The van der Waals surface area contributed by atoms with Crippen molar-refractivity contribution in [2.45, 2.75) is 32.2 Å². The summed E-state index contributed by atoms with van der Waals surface area (Å²) in [6.45, 7) is 6.74. The lowest BCUT2D eigenvalue weighted by Crippen LogP contribution is -2.30. The highest BCUT2D eigenvalue weighted by Gasteiger charge is 2.18. The van der Waals surface area contributed by atoms with Crippen molar-refractivity contribution in [2.24, 2.45) is 11.8 Å². The monoisotopic (exact) mass is 275 g/mol. The van der Waals surface area contributed by atoms with Crippen LogP contribution in [0.25, 0.3) is 0 Å². The summed E-state index contributed by atoms with van der Waals surface area (Å²) in [6.07, 6.45) is 2.70. The van der Waals surface area contributed by atoms with Crippen LogP contribution in [-0.2, 0) is 16.6 Å². The number of nitrogens with zero attached hydrogens (tertiary/aromatic N) is 2. The number of aromatic nitrogens is 2. The van der Waals surface area contributed by atoms with Gasteiger partial charge >= 0.3 is 0 Å². The Morgan fingerprint density at radius 2 is 2.11 bits per heavy atom. The predicted octanol–water partition coefficient (Wildman–Crippen LogP) is 0.446. The van der Waals surface area contributed by atoms with Crippen LogP contribution in [0.4, 0.5) is 0 Å². The van der Waals surface area contributed by atoms with E-state index in [4.69, 9.17) is 5.11 Å². The van der Waals surface area contributed by atoms with Crippen LogP contribution >= 0.6 is 0 Å². The second-order valence-corrected chi connectivity index (χ2v) is 6.50. The zero-order chi connectivity index (χ0) is 13.8. The molecule has 0 aliphatic carbocycles. The van der Waals surface area contributed by atoms with E-state index < -0.39 is 10.0 Å². The molecule has 104 valence electrons. The Labute approximate surface area is 108 Å². The van der Waals surface area contributed by atoms with Gasteiger partial charge in [0.15, 0.2) is 0 Å². The van der Waals surface area contributed by atoms with Gasteiger partial charge in [-0.05, 0) is 11.8 Å². The summed E-state index contributed by atoms with van der Waals surface area (Å²) in [6, 6.07) is 0. The van der Waals surface area contributed by atoms with E-state index in [1.165, 1.54) is 17.1 Å². The summed E-state index contributed by atoms with van der Waals surface area (Å²) in [7, 11) is -3.50. The van der Waals surface area contributed by atoms with Crippen molar-refractivity contribution in [3.8, 4) is 0 Å². The molecule has 1 aromatic heterocycles. The third kappa shape index (κ3) is 4.08. The molecule has 0 amide bonds. The number of hydrogen-bond acceptors (Lipinski definition) is 4. The molecule has 2 N–H and O–H groups in total. The Balaban J connectivity index is 2.68. The van der Waals surface area contributed by atoms with Gasteiger partial charge in [-0.15, -0.1) is 0 Å². The molecular formula is C11H21N3O3S. The average molecular weight is 275 g/mol. The second kappa shape index (κ2) is 6.31. The van der Waals surface area contributed by atoms with Crippen molar-refractivity contribution in [3.05, 3.63) is 12.4 Å². The smallest absolute Gasteiger partial charge is 0.243 e. The maximum atomic E-state index is 11.9. The molecule has 0 saturated heterocycles. The van der Waals surface area contributed by atoms with Gasteiger partial charge < -0.3 is 5.11 Å². The van der Waals surface area contributed by atoms with Crippen molar-refractivity contribution in [1.82, 2.24) is 14.5 Å². The summed E-state index contributed by atoms with van der Waals surface area (Å²) in [4.78, 5) is 0.131. The molecule has 0 aromatic carbocycles. The van der Waals surface area contributed by atoms with Crippen LogP contribution in [0, 0.1) is 11.8 Å². The van der Waals surface area contributed by atoms with Crippen LogP contribution in [0.2, 0.25) is 0 Å². The highest BCUT2D eigenvalue weighted by atomic mass is 32.2. The highest BCUT2D eigenvalue weighted by molar-refractivity contribution is 7.89. The quantitative estimate of drug-likeness (QED) is 0.756. The van der Waals surface area contributed by atoms with Crippen LogP contribution in [0.15, 0.2) is 17.3 Å². The summed E-state index contributed by atoms with van der Waals surface area (Å²) < 4.78 is 27.9. The minimum absolute atomic E-state index is 0.0705. The van der Waals surface area contributed by atoms with Crippen LogP contribution < -0.4 is 4.72 Å². The summed E-state index contributed by atoms with van der Waals surface area (Å²) in [5, 5.41) is 12.6. The van der Waals surface area contributed by atoms with E-state index in [2.05, 4.69) is 23.7 Å². The average Bonchev–Trinajstić information content (AvgIpc) is 2.75. The summed E-state index contributed by atoms with van der Waals surface area (Å²) in [5.74, 6) is 0.692. The number of rotatable bonds is 7. The van der Waals surface area contributed by atoms with Crippen LogP contribution in [-0.4, -0.2) is 36.5 Å². The number of nitrogens with one attached hydrogen (secondary N) is 1. The predicted molar refractivity (Wildman–Crippen MR) is 68.5 cm³/mol. The molecule has 7 heteroatoms. The van der Waals surface area contributed by atoms with Gasteiger partial charge in [0.25, 0.3) is 0 Å². The first-order valence-corrected chi connectivity index (χ1v) is 7.48. The van der Waals surface area contributed by atoms with E-state index in [-0.39, 0.29) is 24.0 Å². The maximum Gasteiger partial charge on any atom is 0.243 e. The fraction of sp³-hybridized carbons (Fsp3) is 0.727. The second-order valence-electron chi connectivity index (χ2n) is 4.74. The fourth-order valence-corrected chi connectivity index (χ4v) is 2.36. The highest BCUT2D eigenvalue weighted by Crippen LogP contribution is 2.11. The maximum absolute atomic E-state index is 11.9. The molecule has 0 aliphatic heterocycles. The molecule has 0 fully saturated rings. The Morgan fingerprint density at radius 3 is 2.67 bits per heavy atom. The molecule has 1 heterocycles. The largest absolute Gasteiger partial charge is 0.394 e. The molecule has 1 aromatic rings. The molecule has 18 heavy (non-hydrogen) atoms. The molecule has 0 aliphatic rings. The Hall–Kier alpha value is -0.920. The molecule has 0 saturated carbocycles. The minimum Gasteiger partial charge on any atom is -0.394 e. The lowest BCUT2D eigenvalue weighted by Gasteiger charge is -2.15. The number of sulfonamides is 1. The third-order valence-electron chi connectivity index (χ3n) is 2.98. The zero-order valence-electron chi connectivity index (χ0n) is 11.0. The van der Waals surface area contributed by atoms with Crippen molar-refractivity contribution in [1.29, 1.82) is 0 Å². The number of hydrogen-bond donors (Lipinski definition) is 2. The molecule has 0 bridgehead atoms. The topological polar surface area (TPSA) is 84.2 Å². The SMILES string of the molecule is CC(C)C(C)CNS(=O)(=O)c1cnn(CCO)c1. The van der Waals surface area contributed by atoms with Crippen molar-refractivity contribution >= 4 is 10.0 Å². The lowest BCUT2D eigenvalue weighted by atomic mass is 9.99. The first-order valence-electron chi connectivity index (χ1n) is 5.99. The molecular weight excluding hydrogens is 254 g/mol. The van der Waals surface area contributed by atoms with Gasteiger partial charge in [-0.1, -0.05) is 20.8 Å². The summed E-state index contributed by atoms with van der Waals surface area (Å²) in [5.41, 5.74) is 0. The van der Waals surface area contributed by atoms with E-state index in [0.29, 0.717) is 12.5 Å². The van der Waals surface area contributed by atoms with Gasteiger partial charge in [0, 0.05) is 12.7 Å². The first-order chi connectivity index (χ1) is 8.36. The Morgan fingerprint density at radius 1 is 1.44 bits per heavy atom. The van der Waals surface area contributed by atoms with Gasteiger partial charge in [0.05, 0.1) is 19.3 Å². The van der Waals surface area contributed by atoms with Gasteiger partial charge in [-0.2, -0.15) is 5.10 Å². The summed E-state index contributed by atoms with van der Waals surface area (Å²) >= 11 is 0. The molecule has 1 atom stereocenters. The van der Waals surface area contributed by atoms with Crippen molar-refractivity contribution in [2.75, 3.05) is 13.2 Å². The Bertz CT molecular complexity index is 468. The van der Waals surface area contributed by atoms with Crippen molar-refractivity contribution in [3.63, 3.8) is 0 Å². The van der Waals surface area contributed by atoms with Crippen LogP contribution in [0.5, 0.6) is 0 Å². The van der Waals surface area contributed by atoms with Gasteiger partial charge in [-0.3, -0.25) is 4.68 Å². The fourth-order valence-electron chi connectivity index (χ4n) is 1.27. The van der Waals surface area contributed by atoms with Crippen LogP contribution in [0.3, 0.4) is 0 Å². The zero-order valence-corrected chi connectivity index (χ0v) is 11.8. The Kier molecular flexibility index (Phi) is 5.30. The third-order valence-corrected chi connectivity index (χ3v) is 4.36. The van der Waals surface area contributed by atoms with Crippen LogP contribution in [0.1, 0.15) is 20.8 Å². The molecule has 0 spiro atoms. The van der Waals surface area contributed by atoms with E-state index in [1.54, 1.807) is 0 Å². The molecule has 1 unspecified atom stereocenters. The van der Waals surface area contributed by atoms with Crippen molar-refractivity contribution < 1.29 is 13.5 Å². The number of aliphatic hydroxyl groups is 1. The normalized spacial score (nSPS) is 14.1. The van der Waals surface area contributed by atoms with Gasteiger partial charge in [-0.25, -0.2) is 13.1 Å². The van der Waals surface area contributed by atoms with E-state index in [0.717, 1.165) is 0 Å². The number of aliphatic hydroxyl groups excluding tert-OH is 1. The van der Waals surface area contributed by atoms with E-state index >= 15 is 0 Å². The first kappa shape index (κ1) is 15.1. The molecule has 0 radical (unpaired) electrons. The lowest BCUT2D eigenvalue weighted by molar-refractivity contribution is 0.269. The van der Waals surface area contributed by atoms with Gasteiger partial charge in [0.1, 0.15) is 4.90 Å². The minimum atomic E-state index is -3.50. The van der Waals surface area contributed by atoms with E-state index in [9.17, 15) is 8.42 Å².